The van der Waals surface area contributed by atoms with Crippen molar-refractivity contribution in [3.8, 4) is 0 Å². The van der Waals surface area contributed by atoms with Crippen LogP contribution in [0, 0.1) is 5.92 Å². The summed E-state index contributed by atoms with van der Waals surface area (Å²) in [6, 6.07) is 2.89. The molecule has 2 atom stereocenters. The van der Waals surface area contributed by atoms with Gasteiger partial charge in [0.05, 0.1) is 11.9 Å². The van der Waals surface area contributed by atoms with Crippen LogP contribution < -0.4 is 0 Å². The fourth-order valence-corrected chi connectivity index (χ4v) is 3.60. The largest absolute Gasteiger partial charge is 0.351 e. The van der Waals surface area contributed by atoms with E-state index in [1.165, 1.54) is 29.2 Å². The second kappa shape index (κ2) is 7.01. The van der Waals surface area contributed by atoms with E-state index in [0.29, 0.717) is 18.8 Å². The van der Waals surface area contributed by atoms with E-state index in [4.69, 9.17) is 4.52 Å². The van der Waals surface area contributed by atoms with Crippen LogP contribution in [0.25, 0.3) is 5.78 Å². The molecule has 0 unspecified atom stereocenters. The van der Waals surface area contributed by atoms with E-state index < -0.39 is 6.43 Å². The number of carbonyl (C=O) groups excluding carboxylic acids is 1. The standard InChI is InChI=1S/C17H18F2N6O2/c1-10-3-2-6-24(16(26)14-4-5-22-27-14)8-11(10)13-7-12(15(18)19)23-17-20-9-21-25(13)17/h4-5,7,9-11,15H,2-3,6,8H2,1H3/t10-,11-/m1/s1. The van der Waals surface area contributed by atoms with Crippen molar-refractivity contribution in [3.05, 3.63) is 41.8 Å². The maximum atomic E-state index is 13.3. The third-order valence-electron chi connectivity index (χ3n) is 5.03. The molecule has 1 aliphatic heterocycles. The molecule has 3 aromatic heterocycles. The molecule has 0 spiro atoms. The third kappa shape index (κ3) is 3.26. The molecule has 0 radical (unpaired) electrons. The van der Waals surface area contributed by atoms with Gasteiger partial charge in [-0.05, 0) is 24.8 Å². The number of rotatable bonds is 3. The number of likely N-dealkylation sites (tertiary alicyclic amines) is 1. The van der Waals surface area contributed by atoms with Crippen LogP contribution in [0.15, 0.2) is 29.2 Å². The second-order valence-corrected chi connectivity index (χ2v) is 6.73. The maximum Gasteiger partial charge on any atom is 0.292 e. The number of nitrogens with zero attached hydrogens (tertiary/aromatic N) is 6. The molecule has 0 bridgehead atoms. The van der Waals surface area contributed by atoms with Crippen LogP contribution in [-0.4, -0.2) is 48.6 Å². The van der Waals surface area contributed by atoms with Gasteiger partial charge in [0.15, 0.2) is 0 Å². The van der Waals surface area contributed by atoms with E-state index in [2.05, 4.69) is 27.1 Å². The first-order chi connectivity index (χ1) is 13.0. The molecule has 0 aromatic carbocycles. The Labute approximate surface area is 153 Å². The van der Waals surface area contributed by atoms with Gasteiger partial charge in [0.1, 0.15) is 12.0 Å². The lowest BCUT2D eigenvalue weighted by atomic mass is 9.88. The van der Waals surface area contributed by atoms with Gasteiger partial charge >= 0.3 is 0 Å². The topological polar surface area (TPSA) is 89.4 Å². The minimum absolute atomic E-state index is 0.132. The summed E-state index contributed by atoms with van der Waals surface area (Å²) in [6.07, 6.45) is 1.67. The fourth-order valence-electron chi connectivity index (χ4n) is 3.60. The monoisotopic (exact) mass is 376 g/mol. The van der Waals surface area contributed by atoms with Gasteiger partial charge in [-0.3, -0.25) is 4.79 Å². The van der Waals surface area contributed by atoms with Crippen molar-refractivity contribution in [3.63, 3.8) is 0 Å². The first kappa shape index (κ1) is 17.5. The van der Waals surface area contributed by atoms with Crippen LogP contribution in [0.1, 0.15) is 54.1 Å². The number of carbonyl (C=O) groups is 1. The summed E-state index contributed by atoms with van der Waals surface area (Å²) in [4.78, 5) is 22.2. The average molecular weight is 376 g/mol. The lowest BCUT2D eigenvalue weighted by molar-refractivity contribution is 0.0708. The first-order valence-corrected chi connectivity index (χ1v) is 8.73. The quantitative estimate of drug-likeness (QED) is 0.698. The van der Waals surface area contributed by atoms with Crippen LogP contribution in [0.2, 0.25) is 0 Å². The van der Waals surface area contributed by atoms with Gasteiger partial charge in [-0.25, -0.2) is 18.3 Å². The SMILES string of the molecule is C[C@@H]1CCCN(C(=O)c2ccno2)C[C@H]1c1cc(C(F)F)nc2ncnn12. The minimum Gasteiger partial charge on any atom is -0.351 e. The van der Waals surface area contributed by atoms with E-state index in [-0.39, 0.29) is 35.0 Å². The van der Waals surface area contributed by atoms with Gasteiger partial charge in [0.2, 0.25) is 5.76 Å². The Balaban J connectivity index is 1.73. The maximum absolute atomic E-state index is 13.3. The number of fused-ring (bicyclic) bond motifs is 1. The molecular weight excluding hydrogens is 358 g/mol. The molecule has 3 aromatic rings. The zero-order valence-electron chi connectivity index (χ0n) is 14.6. The smallest absolute Gasteiger partial charge is 0.292 e. The molecule has 0 saturated carbocycles. The highest BCUT2D eigenvalue weighted by Gasteiger charge is 2.32. The van der Waals surface area contributed by atoms with Crippen molar-refractivity contribution in [2.45, 2.75) is 32.1 Å². The summed E-state index contributed by atoms with van der Waals surface area (Å²) < 4.78 is 33.1. The Morgan fingerprint density at radius 2 is 2.26 bits per heavy atom. The van der Waals surface area contributed by atoms with Crippen molar-refractivity contribution in [2.24, 2.45) is 5.92 Å². The second-order valence-electron chi connectivity index (χ2n) is 6.73. The van der Waals surface area contributed by atoms with Gasteiger partial charge in [-0.1, -0.05) is 12.1 Å². The molecule has 142 valence electrons. The summed E-state index contributed by atoms with van der Waals surface area (Å²) in [5, 5.41) is 7.73. The fraction of sp³-hybridized carbons (Fsp3) is 0.471. The van der Waals surface area contributed by atoms with E-state index >= 15 is 0 Å². The van der Waals surface area contributed by atoms with Crippen LogP contribution in [0.3, 0.4) is 0 Å². The number of hydrogen-bond acceptors (Lipinski definition) is 6. The van der Waals surface area contributed by atoms with Gasteiger partial charge in [-0.2, -0.15) is 10.1 Å². The lowest BCUT2D eigenvalue weighted by Gasteiger charge is -2.27. The van der Waals surface area contributed by atoms with E-state index in [9.17, 15) is 13.6 Å². The summed E-state index contributed by atoms with van der Waals surface area (Å²) in [6.45, 7) is 2.98. The Morgan fingerprint density at radius 3 is 3.00 bits per heavy atom. The molecule has 1 amide bonds. The summed E-state index contributed by atoms with van der Waals surface area (Å²) in [5.74, 6) is 0.0102. The molecule has 1 aliphatic rings. The van der Waals surface area contributed by atoms with Crippen molar-refractivity contribution in [2.75, 3.05) is 13.1 Å². The van der Waals surface area contributed by atoms with Gasteiger partial charge < -0.3 is 9.42 Å². The van der Waals surface area contributed by atoms with Crippen molar-refractivity contribution < 1.29 is 18.1 Å². The Kier molecular flexibility index (Phi) is 4.54. The molecule has 10 heteroatoms. The molecule has 1 saturated heterocycles. The minimum atomic E-state index is -2.71. The highest BCUT2D eigenvalue weighted by molar-refractivity contribution is 5.91. The first-order valence-electron chi connectivity index (χ1n) is 8.73. The molecule has 0 aliphatic carbocycles. The van der Waals surface area contributed by atoms with E-state index in [1.54, 1.807) is 4.90 Å². The molecule has 27 heavy (non-hydrogen) atoms. The Bertz CT molecular complexity index is 942. The summed E-state index contributed by atoms with van der Waals surface area (Å²) in [5.41, 5.74) is 0.243. The predicted octanol–water partition coefficient (Wildman–Crippen LogP) is 2.71. The van der Waals surface area contributed by atoms with Crippen LogP contribution in [-0.2, 0) is 0 Å². The number of hydrogen-bond donors (Lipinski definition) is 0. The van der Waals surface area contributed by atoms with Crippen molar-refractivity contribution >= 4 is 11.7 Å². The van der Waals surface area contributed by atoms with Gasteiger partial charge in [0, 0.05) is 25.1 Å². The summed E-state index contributed by atoms with van der Waals surface area (Å²) in [7, 11) is 0. The predicted molar refractivity (Wildman–Crippen MR) is 89.3 cm³/mol. The highest BCUT2D eigenvalue weighted by atomic mass is 19.3. The van der Waals surface area contributed by atoms with Crippen LogP contribution in [0.4, 0.5) is 8.78 Å². The van der Waals surface area contributed by atoms with Gasteiger partial charge in [-0.15, -0.1) is 0 Å². The van der Waals surface area contributed by atoms with E-state index in [0.717, 1.165) is 12.8 Å². The highest BCUT2D eigenvalue weighted by Crippen LogP contribution is 2.33. The lowest BCUT2D eigenvalue weighted by Crippen LogP contribution is -2.35. The van der Waals surface area contributed by atoms with E-state index in [1.807, 2.05) is 0 Å². The zero-order valence-corrected chi connectivity index (χ0v) is 14.6. The molecule has 8 nitrogen and oxygen atoms in total. The van der Waals surface area contributed by atoms with Crippen molar-refractivity contribution in [1.29, 1.82) is 0 Å². The normalized spacial score (nSPS) is 21.0. The van der Waals surface area contributed by atoms with Crippen LogP contribution >= 0.6 is 0 Å². The zero-order chi connectivity index (χ0) is 19.0. The number of alkyl halides is 2. The average Bonchev–Trinajstić information content (AvgIpc) is 3.31. The number of amides is 1. The molecule has 0 N–H and O–H groups in total. The molecule has 4 heterocycles. The molecule has 1 fully saturated rings. The van der Waals surface area contributed by atoms with Crippen LogP contribution in [0.5, 0.6) is 0 Å². The Hall–Kier alpha value is -2.91. The van der Waals surface area contributed by atoms with Gasteiger partial charge in [0.25, 0.3) is 18.1 Å². The third-order valence-corrected chi connectivity index (χ3v) is 5.03. The van der Waals surface area contributed by atoms with Crippen molar-refractivity contribution in [1.82, 2.24) is 29.6 Å². The summed E-state index contributed by atoms with van der Waals surface area (Å²) >= 11 is 0. The Morgan fingerprint density at radius 1 is 1.41 bits per heavy atom. The number of halogens is 2. The molecular formula is C17H18F2N6O2. The number of aromatic nitrogens is 5. The molecule has 4 rings (SSSR count).